The van der Waals surface area contributed by atoms with E-state index in [1.54, 1.807) is 12.1 Å². The van der Waals surface area contributed by atoms with Gasteiger partial charge in [0.05, 0.1) is 19.0 Å². The number of ketones is 1. The Balaban J connectivity index is 1.59. The molecule has 3 rings (SSSR count). The number of nitrogens with one attached hydrogen (secondary N) is 1. The van der Waals surface area contributed by atoms with Crippen LogP contribution in [0.4, 0.5) is 0 Å². The summed E-state index contributed by atoms with van der Waals surface area (Å²) in [6, 6.07) is 13.5. The van der Waals surface area contributed by atoms with E-state index in [4.69, 9.17) is 0 Å². The molecule has 1 aliphatic rings. The van der Waals surface area contributed by atoms with Crippen molar-refractivity contribution < 1.29 is 18.0 Å². The number of rotatable bonds is 6. The molecule has 1 saturated heterocycles. The number of nitrogens with zero attached hydrogens (tertiary/aromatic N) is 2. The highest BCUT2D eigenvalue weighted by Gasteiger charge is 2.33. The number of benzene rings is 1. The highest BCUT2D eigenvalue weighted by Crippen LogP contribution is 2.17. The molecule has 2 aromatic rings. The van der Waals surface area contributed by atoms with Crippen LogP contribution in [0.1, 0.15) is 18.4 Å². The van der Waals surface area contributed by atoms with Crippen LogP contribution in [-0.4, -0.2) is 48.5 Å². The standard InChI is InChI=1S/C20H22N3O4S/c24-18-15-23(28(26,27)20-10-4-5-13-21-20)14-6-9-17(18)22-19(25)12-11-16-7-2-1-3-8-16/h1-5,7-8,10,12-13,17H,6,9,11,14-15H2,(H,22,25)/t17-/m0/s1. The molecular weight excluding hydrogens is 378 g/mol. The molecule has 0 unspecified atom stereocenters. The average molecular weight is 400 g/mol. The zero-order valence-electron chi connectivity index (χ0n) is 15.3. The third-order valence-corrected chi connectivity index (χ3v) is 6.31. The summed E-state index contributed by atoms with van der Waals surface area (Å²) in [7, 11) is -3.84. The number of amides is 1. The van der Waals surface area contributed by atoms with Crippen molar-refractivity contribution >= 4 is 21.7 Å². The van der Waals surface area contributed by atoms with Crippen LogP contribution in [0.2, 0.25) is 0 Å². The van der Waals surface area contributed by atoms with Gasteiger partial charge in [0.25, 0.3) is 10.0 Å². The maximum absolute atomic E-state index is 12.7. The van der Waals surface area contributed by atoms with Crippen molar-refractivity contribution in [3.63, 3.8) is 0 Å². The number of carbonyl (C=O) groups excluding carboxylic acids is 2. The molecule has 1 radical (unpaired) electrons. The molecule has 2 heterocycles. The molecule has 147 valence electrons. The number of Topliss-reactive ketones (excluding diaryl/α,β-unsaturated/α-hetero) is 1. The topological polar surface area (TPSA) is 96.4 Å². The second-order valence-corrected chi connectivity index (χ2v) is 8.45. The first-order chi connectivity index (χ1) is 13.5. The number of pyridine rings is 1. The smallest absolute Gasteiger partial charge is 0.260 e. The quantitative estimate of drug-likeness (QED) is 0.790. The Labute approximate surface area is 164 Å². The monoisotopic (exact) mass is 400 g/mol. The van der Waals surface area contributed by atoms with Crippen LogP contribution in [0.3, 0.4) is 0 Å². The first-order valence-corrected chi connectivity index (χ1v) is 10.5. The maximum Gasteiger partial charge on any atom is 0.260 e. The van der Waals surface area contributed by atoms with Gasteiger partial charge in [0, 0.05) is 12.7 Å². The number of hydrogen-bond acceptors (Lipinski definition) is 5. The Morgan fingerprint density at radius 2 is 1.93 bits per heavy atom. The highest BCUT2D eigenvalue weighted by molar-refractivity contribution is 7.89. The van der Waals surface area contributed by atoms with E-state index in [1.807, 2.05) is 30.3 Å². The molecule has 1 aromatic heterocycles. The van der Waals surface area contributed by atoms with Crippen molar-refractivity contribution in [3.8, 4) is 0 Å². The summed E-state index contributed by atoms with van der Waals surface area (Å²) in [5.74, 6) is -0.651. The van der Waals surface area contributed by atoms with Crippen LogP contribution >= 0.6 is 0 Å². The maximum atomic E-state index is 12.7. The normalized spacial score (nSPS) is 18.4. The Morgan fingerprint density at radius 3 is 2.64 bits per heavy atom. The first-order valence-electron chi connectivity index (χ1n) is 9.08. The lowest BCUT2D eigenvalue weighted by Gasteiger charge is -2.19. The number of sulfonamides is 1. The summed E-state index contributed by atoms with van der Waals surface area (Å²) >= 11 is 0. The summed E-state index contributed by atoms with van der Waals surface area (Å²) in [5, 5.41) is 2.63. The molecule has 1 atom stereocenters. The Kier molecular flexibility index (Phi) is 6.53. The van der Waals surface area contributed by atoms with E-state index in [9.17, 15) is 18.0 Å². The van der Waals surface area contributed by atoms with Gasteiger partial charge in [-0.1, -0.05) is 36.4 Å². The second-order valence-electron chi connectivity index (χ2n) is 6.57. The van der Waals surface area contributed by atoms with Gasteiger partial charge in [0.15, 0.2) is 10.8 Å². The van der Waals surface area contributed by atoms with Crippen molar-refractivity contribution in [2.75, 3.05) is 13.1 Å². The predicted octanol–water partition coefficient (Wildman–Crippen LogP) is 1.37. The van der Waals surface area contributed by atoms with Crippen LogP contribution < -0.4 is 5.32 Å². The fraction of sp³-hybridized carbons (Fsp3) is 0.300. The SMILES string of the molecule is O=C([CH]Cc1ccccc1)N[C@H]1CCCN(S(=O)(=O)c2ccccn2)CC1=O. The van der Waals surface area contributed by atoms with E-state index >= 15 is 0 Å². The minimum absolute atomic E-state index is 0.0820. The minimum Gasteiger partial charge on any atom is -0.346 e. The van der Waals surface area contributed by atoms with Gasteiger partial charge in [-0.2, -0.15) is 4.31 Å². The van der Waals surface area contributed by atoms with Crippen LogP contribution in [0.25, 0.3) is 0 Å². The molecule has 8 heteroatoms. The van der Waals surface area contributed by atoms with Gasteiger partial charge >= 0.3 is 0 Å². The molecule has 1 amide bonds. The Hall–Kier alpha value is -2.58. The summed E-state index contributed by atoms with van der Waals surface area (Å²) in [5.41, 5.74) is 0.998. The fourth-order valence-corrected chi connectivity index (χ4v) is 4.42. The average Bonchev–Trinajstić information content (AvgIpc) is 2.90. The van der Waals surface area contributed by atoms with Gasteiger partial charge in [0.2, 0.25) is 5.91 Å². The van der Waals surface area contributed by atoms with Crippen molar-refractivity contribution in [2.24, 2.45) is 0 Å². The summed E-state index contributed by atoms with van der Waals surface area (Å²) in [4.78, 5) is 28.6. The third-order valence-electron chi connectivity index (χ3n) is 4.55. The zero-order chi connectivity index (χ0) is 20.0. The van der Waals surface area contributed by atoms with Crippen LogP contribution in [0, 0.1) is 6.42 Å². The molecular formula is C20H22N3O4S. The molecule has 7 nitrogen and oxygen atoms in total. The molecule has 0 spiro atoms. The van der Waals surface area contributed by atoms with E-state index in [0.717, 1.165) is 9.87 Å². The molecule has 1 aromatic carbocycles. The number of hydrogen-bond donors (Lipinski definition) is 1. The van der Waals surface area contributed by atoms with Crippen LogP contribution in [0.15, 0.2) is 59.8 Å². The lowest BCUT2D eigenvalue weighted by molar-refractivity contribution is -0.126. The summed E-state index contributed by atoms with van der Waals surface area (Å²) in [6.07, 6.45) is 4.24. The number of aromatic nitrogens is 1. The Bertz CT molecular complexity index is 917. The minimum atomic E-state index is -3.84. The molecule has 0 bridgehead atoms. The largest absolute Gasteiger partial charge is 0.346 e. The molecule has 1 N–H and O–H groups in total. The van der Waals surface area contributed by atoms with Crippen molar-refractivity contribution in [2.45, 2.75) is 30.3 Å². The number of carbonyl (C=O) groups is 2. The second kappa shape index (κ2) is 9.07. The molecule has 0 aliphatic carbocycles. The molecule has 1 fully saturated rings. The zero-order valence-corrected chi connectivity index (χ0v) is 16.1. The van der Waals surface area contributed by atoms with E-state index < -0.39 is 16.1 Å². The van der Waals surface area contributed by atoms with Crippen molar-refractivity contribution in [1.29, 1.82) is 0 Å². The van der Waals surface area contributed by atoms with Gasteiger partial charge in [-0.05, 0) is 37.0 Å². The van der Waals surface area contributed by atoms with Gasteiger partial charge < -0.3 is 5.32 Å². The third kappa shape index (κ3) is 5.02. The van der Waals surface area contributed by atoms with Gasteiger partial charge in [-0.3, -0.25) is 9.59 Å². The van der Waals surface area contributed by atoms with E-state index in [1.165, 1.54) is 18.7 Å². The fourth-order valence-electron chi connectivity index (χ4n) is 3.04. The van der Waals surface area contributed by atoms with Crippen molar-refractivity contribution in [3.05, 3.63) is 66.7 Å². The van der Waals surface area contributed by atoms with Crippen molar-refractivity contribution in [1.82, 2.24) is 14.6 Å². The van der Waals surface area contributed by atoms with Gasteiger partial charge in [0.1, 0.15) is 0 Å². The van der Waals surface area contributed by atoms with Crippen LogP contribution in [0.5, 0.6) is 0 Å². The highest BCUT2D eigenvalue weighted by atomic mass is 32.2. The van der Waals surface area contributed by atoms with E-state index in [0.29, 0.717) is 19.3 Å². The molecule has 1 aliphatic heterocycles. The Morgan fingerprint density at radius 1 is 1.18 bits per heavy atom. The summed E-state index contributed by atoms with van der Waals surface area (Å²) in [6.45, 7) is -0.0622. The summed E-state index contributed by atoms with van der Waals surface area (Å²) < 4.78 is 26.5. The molecule has 28 heavy (non-hydrogen) atoms. The van der Waals surface area contributed by atoms with Gasteiger partial charge in [-0.15, -0.1) is 0 Å². The predicted molar refractivity (Wildman–Crippen MR) is 104 cm³/mol. The molecule has 0 saturated carbocycles. The van der Waals surface area contributed by atoms with E-state index in [-0.39, 0.29) is 29.8 Å². The lowest BCUT2D eigenvalue weighted by Crippen LogP contribution is -2.44. The lowest BCUT2D eigenvalue weighted by atomic mass is 10.1. The van der Waals surface area contributed by atoms with Crippen LogP contribution in [-0.2, 0) is 26.0 Å². The van der Waals surface area contributed by atoms with E-state index in [2.05, 4.69) is 10.3 Å². The first kappa shape index (κ1) is 20.2. The van der Waals surface area contributed by atoms with Gasteiger partial charge in [-0.25, -0.2) is 13.4 Å².